The van der Waals surface area contributed by atoms with Crippen molar-refractivity contribution in [3.8, 4) is 0 Å². The minimum Gasteiger partial charge on any atom is -0.272 e. The summed E-state index contributed by atoms with van der Waals surface area (Å²) in [5.41, 5.74) is 1.49. The maximum Gasteiger partial charge on any atom is 0.0613 e. The van der Waals surface area contributed by atoms with Crippen LogP contribution in [-0.4, -0.2) is 9.78 Å². The zero-order chi connectivity index (χ0) is 11.5. The highest BCUT2D eigenvalue weighted by Gasteiger charge is 2.12. The van der Waals surface area contributed by atoms with E-state index in [4.69, 9.17) is 11.6 Å². The maximum atomic E-state index is 6.14. The molecule has 1 atom stereocenters. The Morgan fingerprint density at radius 2 is 2.13 bits per heavy atom. The Kier molecular flexibility index (Phi) is 4.21. The van der Waals surface area contributed by atoms with Crippen LogP contribution >= 0.6 is 11.6 Å². The van der Waals surface area contributed by atoms with Crippen LogP contribution in [0.3, 0.4) is 0 Å². The van der Waals surface area contributed by atoms with Crippen LogP contribution in [0.15, 0.2) is 12.4 Å². The zero-order valence-corrected chi connectivity index (χ0v) is 10.9. The highest BCUT2D eigenvalue weighted by atomic mass is 35.5. The smallest absolute Gasteiger partial charge is 0.0613 e. The molecule has 1 rings (SSSR count). The summed E-state index contributed by atoms with van der Waals surface area (Å²) in [5.74, 6) is 0. The Morgan fingerprint density at radius 3 is 2.67 bits per heavy atom. The normalized spacial score (nSPS) is 14.2. The standard InChI is InChI=1S/C12H21ClN2/c1-5-11(13)10-8-14-15(9-10)7-6-12(2,3)4/h8-9,11H,5-7H2,1-4H3. The SMILES string of the molecule is CCC(Cl)c1cnn(CCC(C)(C)C)c1. The average molecular weight is 229 g/mol. The van der Waals surface area contributed by atoms with Crippen LogP contribution < -0.4 is 0 Å². The number of rotatable bonds is 4. The number of nitrogens with zero attached hydrogens (tertiary/aromatic N) is 2. The van der Waals surface area contributed by atoms with Crippen molar-refractivity contribution in [3.05, 3.63) is 18.0 Å². The van der Waals surface area contributed by atoms with Gasteiger partial charge in [-0.3, -0.25) is 4.68 Å². The van der Waals surface area contributed by atoms with Gasteiger partial charge in [0, 0.05) is 18.3 Å². The summed E-state index contributed by atoms with van der Waals surface area (Å²) in [4.78, 5) is 0. The molecule has 0 amide bonds. The lowest BCUT2D eigenvalue weighted by molar-refractivity contribution is 0.341. The number of hydrogen-bond acceptors (Lipinski definition) is 1. The molecule has 0 saturated heterocycles. The van der Waals surface area contributed by atoms with Gasteiger partial charge in [0.2, 0.25) is 0 Å². The van der Waals surface area contributed by atoms with E-state index >= 15 is 0 Å². The van der Waals surface area contributed by atoms with Gasteiger partial charge in [-0.2, -0.15) is 5.10 Å². The second-order valence-corrected chi connectivity index (χ2v) is 5.75. The quantitative estimate of drug-likeness (QED) is 0.712. The monoisotopic (exact) mass is 228 g/mol. The van der Waals surface area contributed by atoms with Gasteiger partial charge in [-0.05, 0) is 18.3 Å². The molecule has 0 radical (unpaired) electrons. The van der Waals surface area contributed by atoms with Crippen LogP contribution in [0.25, 0.3) is 0 Å². The van der Waals surface area contributed by atoms with E-state index in [0.29, 0.717) is 5.41 Å². The molecule has 1 heterocycles. The van der Waals surface area contributed by atoms with E-state index in [1.54, 1.807) is 0 Å². The Hall–Kier alpha value is -0.500. The van der Waals surface area contributed by atoms with Gasteiger partial charge >= 0.3 is 0 Å². The first-order valence-electron chi connectivity index (χ1n) is 5.59. The first-order valence-corrected chi connectivity index (χ1v) is 6.02. The molecular weight excluding hydrogens is 208 g/mol. The first kappa shape index (κ1) is 12.6. The Labute approximate surface area is 97.6 Å². The van der Waals surface area contributed by atoms with Crippen LogP contribution in [0.2, 0.25) is 0 Å². The fourth-order valence-corrected chi connectivity index (χ4v) is 1.46. The lowest BCUT2D eigenvalue weighted by atomic mass is 9.92. The zero-order valence-electron chi connectivity index (χ0n) is 10.1. The first-order chi connectivity index (χ1) is 6.92. The second-order valence-electron chi connectivity index (χ2n) is 5.22. The lowest BCUT2D eigenvalue weighted by Gasteiger charge is -2.17. The minimum atomic E-state index is 0.105. The number of aryl methyl sites for hydroxylation is 1. The fourth-order valence-electron chi connectivity index (χ4n) is 1.35. The number of aromatic nitrogens is 2. The predicted molar refractivity (Wildman–Crippen MR) is 65.2 cm³/mol. The van der Waals surface area contributed by atoms with Crippen molar-refractivity contribution in [2.75, 3.05) is 0 Å². The van der Waals surface area contributed by atoms with Crippen molar-refractivity contribution < 1.29 is 0 Å². The van der Waals surface area contributed by atoms with E-state index in [9.17, 15) is 0 Å². The molecule has 0 fully saturated rings. The molecule has 0 aliphatic heterocycles. The Bertz CT molecular complexity index is 299. The molecule has 0 spiro atoms. The molecule has 0 aromatic carbocycles. The third-order valence-electron chi connectivity index (χ3n) is 2.46. The van der Waals surface area contributed by atoms with E-state index in [1.165, 1.54) is 0 Å². The van der Waals surface area contributed by atoms with Crippen molar-refractivity contribution in [3.63, 3.8) is 0 Å². The number of alkyl halides is 1. The van der Waals surface area contributed by atoms with Crippen LogP contribution in [0.4, 0.5) is 0 Å². The minimum absolute atomic E-state index is 0.105. The van der Waals surface area contributed by atoms with Gasteiger partial charge < -0.3 is 0 Å². The van der Waals surface area contributed by atoms with Gasteiger partial charge in [-0.25, -0.2) is 0 Å². The maximum absolute atomic E-state index is 6.14. The highest BCUT2D eigenvalue weighted by molar-refractivity contribution is 6.20. The van der Waals surface area contributed by atoms with Gasteiger partial charge in [0.1, 0.15) is 0 Å². The summed E-state index contributed by atoms with van der Waals surface area (Å²) in [5, 5.41) is 4.43. The van der Waals surface area contributed by atoms with Crippen molar-refractivity contribution in [1.29, 1.82) is 0 Å². The third-order valence-corrected chi connectivity index (χ3v) is 3.02. The molecule has 2 nitrogen and oxygen atoms in total. The number of halogens is 1. The molecule has 0 aliphatic rings. The molecule has 1 aromatic heterocycles. The predicted octanol–water partition coefficient (Wildman–Crippen LogP) is 4.01. The van der Waals surface area contributed by atoms with Crippen LogP contribution in [0.5, 0.6) is 0 Å². The van der Waals surface area contributed by atoms with Crippen molar-refractivity contribution in [1.82, 2.24) is 9.78 Å². The van der Waals surface area contributed by atoms with Crippen molar-refractivity contribution in [2.45, 2.75) is 52.5 Å². The topological polar surface area (TPSA) is 17.8 Å². The van der Waals surface area contributed by atoms with Gasteiger partial charge in [0.25, 0.3) is 0 Å². The molecule has 0 aliphatic carbocycles. The summed E-state index contributed by atoms with van der Waals surface area (Å²) in [7, 11) is 0. The van der Waals surface area contributed by atoms with Crippen molar-refractivity contribution >= 4 is 11.6 Å². The largest absolute Gasteiger partial charge is 0.272 e. The molecule has 0 saturated carbocycles. The summed E-state index contributed by atoms with van der Waals surface area (Å²) in [6, 6.07) is 0. The van der Waals surface area contributed by atoms with E-state index < -0.39 is 0 Å². The van der Waals surface area contributed by atoms with Gasteiger partial charge in [0.15, 0.2) is 0 Å². The molecule has 1 aromatic rings. The fraction of sp³-hybridized carbons (Fsp3) is 0.750. The summed E-state index contributed by atoms with van der Waals surface area (Å²) in [6.45, 7) is 9.79. The van der Waals surface area contributed by atoms with E-state index in [-0.39, 0.29) is 5.38 Å². The van der Waals surface area contributed by atoms with Crippen LogP contribution in [-0.2, 0) is 6.54 Å². The molecule has 0 N–H and O–H groups in total. The van der Waals surface area contributed by atoms with Crippen molar-refractivity contribution in [2.24, 2.45) is 5.41 Å². The molecule has 86 valence electrons. The number of hydrogen-bond donors (Lipinski definition) is 0. The lowest BCUT2D eigenvalue weighted by Crippen LogP contribution is -2.10. The summed E-state index contributed by atoms with van der Waals surface area (Å²) < 4.78 is 1.99. The van der Waals surface area contributed by atoms with E-state index in [1.807, 2.05) is 10.9 Å². The molecule has 15 heavy (non-hydrogen) atoms. The van der Waals surface area contributed by atoms with Gasteiger partial charge in [0.05, 0.1) is 11.6 Å². The van der Waals surface area contributed by atoms with E-state index in [2.05, 4.69) is 39.0 Å². The summed E-state index contributed by atoms with van der Waals surface area (Å²) in [6.07, 6.45) is 6.02. The third kappa shape index (κ3) is 4.25. The summed E-state index contributed by atoms with van der Waals surface area (Å²) >= 11 is 6.14. The van der Waals surface area contributed by atoms with E-state index in [0.717, 1.165) is 24.9 Å². The Morgan fingerprint density at radius 1 is 1.47 bits per heavy atom. The average Bonchev–Trinajstić information content (AvgIpc) is 2.61. The molecule has 1 unspecified atom stereocenters. The Balaban J connectivity index is 2.53. The van der Waals surface area contributed by atoms with Crippen LogP contribution in [0, 0.1) is 5.41 Å². The molecule has 3 heteroatoms. The molecule has 0 bridgehead atoms. The second kappa shape index (κ2) is 5.02. The van der Waals surface area contributed by atoms with Crippen LogP contribution in [0.1, 0.15) is 51.5 Å². The highest BCUT2D eigenvalue weighted by Crippen LogP contribution is 2.24. The molecular formula is C12H21ClN2. The van der Waals surface area contributed by atoms with Gasteiger partial charge in [-0.1, -0.05) is 27.7 Å². The van der Waals surface area contributed by atoms with Gasteiger partial charge in [-0.15, -0.1) is 11.6 Å².